The molecule has 0 amide bonds. The number of nitrogens with zero attached hydrogens (tertiary/aromatic N) is 2. The third-order valence-electron chi connectivity index (χ3n) is 3.93. The molecule has 0 unspecified atom stereocenters. The van der Waals surface area contributed by atoms with Crippen LogP contribution in [0.2, 0.25) is 0 Å². The van der Waals surface area contributed by atoms with E-state index in [2.05, 4.69) is 61.1 Å². The van der Waals surface area contributed by atoms with Crippen molar-refractivity contribution in [3.8, 4) is 0 Å². The number of hydrogen-bond donors (Lipinski definition) is 1. The van der Waals surface area contributed by atoms with Crippen molar-refractivity contribution in [2.75, 3.05) is 44.8 Å². The van der Waals surface area contributed by atoms with Crippen LogP contribution in [0.25, 0.3) is 0 Å². The molecular weight excluding hydrogens is 234 g/mol. The van der Waals surface area contributed by atoms with E-state index in [1.807, 2.05) is 0 Å². The van der Waals surface area contributed by atoms with Crippen molar-refractivity contribution in [1.82, 2.24) is 10.2 Å². The second-order valence-electron chi connectivity index (χ2n) is 5.91. The van der Waals surface area contributed by atoms with Crippen LogP contribution < -0.4 is 10.2 Å². The summed E-state index contributed by atoms with van der Waals surface area (Å²) < 4.78 is 0. The van der Waals surface area contributed by atoms with Crippen LogP contribution >= 0.6 is 0 Å². The molecule has 1 saturated heterocycles. The summed E-state index contributed by atoms with van der Waals surface area (Å²) in [6, 6.07) is 6.85. The number of benzene rings is 1. The van der Waals surface area contributed by atoms with Gasteiger partial charge in [-0.3, -0.25) is 4.90 Å². The molecule has 19 heavy (non-hydrogen) atoms. The SMILES string of the molecule is Cc1ccc(C(C)C)cc1N(C)CN1CCNCC1. The highest BCUT2D eigenvalue weighted by Crippen LogP contribution is 2.25. The largest absolute Gasteiger partial charge is 0.361 e. The van der Waals surface area contributed by atoms with Crippen molar-refractivity contribution >= 4 is 5.69 Å². The molecule has 106 valence electrons. The minimum absolute atomic E-state index is 0.590. The fourth-order valence-corrected chi connectivity index (χ4v) is 2.63. The summed E-state index contributed by atoms with van der Waals surface area (Å²) in [5.41, 5.74) is 4.15. The average molecular weight is 261 g/mol. The molecule has 0 bridgehead atoms. The number of nitrogens with one attached hydrogen (secondary N) is 1. The van der Waals surface area contributed by atoms with Gasteiger partial charge in [0.05, 0.1) is 6.67 Å². The second-order valence-corrected chi connectivity index (χ2v) is 5.91. The van der Waals surface area contributed by atoms with Crippen molar-refractivity contribution in [3.63, 3.8) is 0 Å². The normalized spacial score (nSPS) is 16.9. The Morgan fingerprint density at radius 2 is 1.95 bits per heavy atom. The molecule has 0 spiro atoms. The van der Waals surface area contributed by atoms with E-state index in [1.54, 1.807) is 0 Å². The third-order valence-corrected chi connectivity index (χ3v) is 3.93. The van der Waals surface area contributed by atoms with E-state index in [0.717, 1.165) is 32.8 Å². The summed E-state index contributed by atoms with van der Waals surface area (Å²) >= 11 is 0. The minimum Gasteiger partial charge on any atom is -0.361 e. The van der Waals surface area contributed by atoms with Crippen LogP contribution in [0.4, 0.5) is 5.69 Å². The summed E-state index contributed by atoms with van der Waals surface area (Å²) in [6.07, 6.45) is 0. The van der Waals surface area contributed by atoms with Crippen molar-refractivity contribution in [3.05, 3.63) is 29.3 Å². The number of aryl methyl sites for hydroxylation is 1. The Morgan fingerprint density at radius 1 is 1.26 bits per heavy atom. The standard InChI is InChI=1S/C16H27N3/c1-13(2)15-6-5-14(3)16(11-15)18(4)12-19-9-7-17-8-10-19/h5-6,11,13,17H,7-10,12H2,1-4H3. The fourth-order valence-electron chi connectivity index (χ4n) is 2.63. The molecule has 1 aromatic rings. The molecule has 0 atom stereocenters. The molecule has 1 N–H and O–H groups in total. The van der Waals surface area contributed by atoms with Crippen LogP contribution in [0.1, 0.15) is 30.9 Å². The van der Waals surface area contributed by atoms with Crippen molar-refractivity contribution in [2.24, 2.45) is 0 Å². The summed E-state index contributed by atoms with van der Waals surface area (Å²) in [5.74, 6) is 0.590. The molecule has 3 heteroatoms. The molecular formula is C16H27N3. The van der Waals surface area contributed by atoms with Crippen LogP contribution in [0.15, 0.2) is 18.2 Å². The van der Waals surface area contributed by atoms with Gasteiger partial charge in [-0.25, -0.2) is 0 Å². The Balaban J connectivity index is 2.08. The predicted molar refractivity (Wildman–Crippen MR) is 83.0 cm³/mol. The van der Waals surface area contributed by atoms with Crippen LogP contribution in [-0.2, 0) is 0 Å². The molecule has 2 rings (SSSR count). The average Bonchev–Trinajstić information content (AvgIpc) is 2.40. The summed E-state index contributed by atoms with van der Waals surface area (Å²) in [4.78, 5) is 4.89. The van der Waals surface area contributed by atoms with Gasteiger partial charge in [0.25, 0.3) is 0 Å². The van der Waals surface area contributed by atoms with Crippen molar-refractivity contribution < 1.29 is 0 Å². The fraction of sp³-hybridized carbons (Fsp3) is 0.625. The molecule has 1 aliphatic rings. The molecule has 0 aliphatic carbocycles. The summed E-state index contributed by atoms with van der Waals surface area (Å²) in [6.45, 7) is 12.2. The van der Waals surface area contributed by atoms with Gasteiger partial charge in [0.1, 0.15) is 0 Å². The Kier molecular flexibility index (Phi) is 4.83. The molecule has 1 heterocycles. The number of piperazine rings is 1. The maximum absolute atomic E-state index is 3.40. The Morgan fingerprint density at radius 3 is 2.58 bits per heavy atom. The lowest BCUT2D eigenvalue weighted by Crippen LogP contribution is -2.47. The second kappa shape index (κ2) is 6.40. The van der Waals surface area contributed by atoms with Crippen LogP contribution in [0.3, 0.4) is 0 Å². The maximum Gasteiger partial charge on any atom is 0.0704 e. The van der Waals surface area contributed by atoms with Crippen LogP contribution in [-0.4, -0.2) is 44.8 Å². The van der Waals surface area contributed by atoms with Crippen molar-refractivity contribution in [2.45, 2.75) is 26.7 Å². The highest BCUT2D eigenvalue weighted by molar-refractivity contribution is 5.54. The zero-order valence-electron chi connectivity index (χ0n) is 12.7. The smallest absolute Gasteiger partial charge is 0.0704 e. The Labute approximate surface area is 117 Å². The highest BCUT2D eigenvalue weighted by Gasteiger charge is 2.13. The predicted octanol–water partition coefficient (Wildman–Crippen LogP) is 2.42. The van der Waals surface area contributed by atoms with E-state index in [1.165, 1.54) is 16.8 Å². The molecule has 1 fully saturated rings. The van der Waals surface area contributed by atoms with Gasteiger partial charge in [-0.2, -0.15) is 0 Å². The third kappa shape index (κ3) is 3.71. The lowest BCUT2D eigenvalue weighted by Gasteiger charge is -2.33. The quantitative estimate of drug-likeness (QED) is 0.898. The first-order valence-electron chi connectivity index (χ1n) is 7.32. The number of hydrogen-bond acceptors (Lipinski definition) is 3. The first-order chi connectivity index (χ1) is 9.08. The molecule has 1 aromatic carbocycles. The van der Waals surface area contributed by atoms with Gasteiger partial charge in [-0.1, -0.05) is 26.0 Å². The topological polar surface area (TPSA) is 18.5 Å². The van der Waals surface area contributed by atoms with Crippen LogP contribution in [0, 0.1) is 6.92 Å². The first kappa shape index (κ1) is 14.4. The van der Waals surface area contributed by atoms with Gasteiger partial charge in [0.15, 0.2) is 0 Å². The van der Waals surface area contributed by atoms with E-state index in [0.29, 0.717) is 5.92 Å². The zero-order valence-corrected chi connectivity index (χ0v) is 12.7. The van der Waals surface area contributed by atoms with E-state index < -0.39 is 0 Å². The van der Waals surface area contributed by atoms with Gasteiger partial charge in [0.2, 0.25) is 0 Å². The van der Waals surface area contributed by atoms with E-state index >= 15 is 0 Å². The molecule has 1 aliphatic heterocycles. The first-order valence-corrected chi connectivity index (χ1v) is 7.32. The summed E-state index contributed by atoms with van der Waals surface area (Å²) in [7, 11) is 2.20. The highest BCUT2D eigenvalue weighted by atomic mass is 15.3. The monoisotopic (exact) mass is 261 g/mol. The lowest BCUT2D eigenvalue weighted by atomic mass is 10.0. The van der Waals surface area contributed by atoms with Crippen molar-refractivity contribution in [1.29, 1.82) is 0 Å². The number of anilines is 1. The van der Waals surface area contributed by atoms with Gasteiger partial charge >= 0.3 is 0 Å². The number of rotatable bonds is 4. The molecule has 0 saturated carbocycles. The molecule has 0 radical (unpaired) electrons. The maximum atomic E-state index is 3.40. The van der Waals surface area contributed by atoms with Gasteiger partial charge in [-0.15, -0.1) is 0 Å². The lowest BCUT2D eigenvalue weighted by molar-refractivity contribution is 0.243. The zero-order chi connectivity index (χ0) is 13.8. The van der Waals surface area contributed by atoms with E-state index in [9.17, 15) is 0 Å². The molecule has 3 nitrogen and oxygen atoms in total. The summed E-state index contributed by atoms with van der Waals surface area (Å²) in [5, 5.41) is 3.40. The van der Waals surface area contributed by atoms with Gasteiger partial charge in [-0.05, 0) is 30.0 Å². The Bertz CT molecular complexity index is 408. The van der Waals surface area contributed by atoms with E-state index in [4.69, 9.17) is 0 Å². The van der Waals surface area contributed by atoms with Gasteiger partial charge < -0.3 is 10.2 Å². The Hall–Kier alpha value is -1.06. The minimum atomic E-state index is 0.590. The van der Waals surface area contributed by atoms with Gasteiger partial charge in [0, 0.05) is 38.9 Å². The molecule has 0 aromatic heterocycles. The van der Waals surface area contributed by atoms with E-state index in [-0.39, 0.29) is 0 Å². The van der Waals surface area contributed by atoms with Crippen LogP contribution in [0.5, 0.6) is 0 Å².